The lowest BCUT2D eigenvalue weighted by Crippen LogP contribution is -2.01. The quantitative estimate of drug-likeness (QED) is 0.142. The fourth-order valence-corrected chi connectivity index (χ4v) is 9.99. The Bertz CT molecular complexity index is 3380. The molecule has 270 valence electrons. The van der Waals surface area contributed by atoms with E-state index in [2.05, 4.69) is 196 Å². The number of imidazole rings is 1. The summed E-state index contributed by atoms with van der Waals surface area (Å²) in [6, 6.07) is 59.2. The van der Waals surface area contributed by atoms with E-state index in [1.165, 1.54) is 58.8 Å². The molecule has 0 atom stereocenters. The third kappa shape index (κ3) is 5.24. The molecule has 0 fully saturated rings. The van der Waals surface area contributed by atoms with Crippen LogP contribution in [0.15, 0.2) is 201 Å². The number of nitrogens with zero attached hydrogens (tertiary/aromatic N) is 4. The zero-order chi connectivity index (χ0) is 37.9. The maximum atomic E-state index is 5.46. The summed E-state index contributed by atoms with van der Waals surface area (Å²) in [4.78, 5) is 5.46. The molecule has 4 aromatic heterocycles. The number of para-hydroxylation sites is 3. The van der Waals surface area contributed by atoms with Crippen LogP contribution >= 0.6 is 11.3 Å². The molecular formula is C52H36N4S. The molecular weight excluding hydrogens is 713 g/mol. The van der Waals surface area contributed by atoms with Gasteiger partial charge in [0.15, 0.2) is 5.65 Å². The SMILES string of the molecule is C=C/C=C\C=C/Cc1nc2c(c3cc4c(cc3n2-c2ccccc2)c2ccccc2n4-c2cccc3c2sc2c(-c4ccccc4)cccc23)n1-c1ccccc1. The van der Waals surface area contributed by atoms with Gasteiger partial charge in [-0.2, -0.15) is 0 Å². The lowest BCUT2D eigenvalue weighted by molar-refractivity contribution is 0.946. The van der Waals surface area contributed by atoms with Crippen LogP contribution in [-0.2, 0) is 6.42 Å². The summed E-state index contributed by atoms with van der Waals surface area (Å²) in [5.41, 5.74) is 11.4. The van der Waals surface area contributed by atoms with E-state index in [9.17, 15) is 0 Å². The number of benzene rings is 7. The van der Waals surface area contributed by atoms with Crippen LogP contribution in [0.1, 0.15) is 5.82 Å². The molecule has 0 aliphatic carbocycles. The number of rotatable bonds is 8. The molecule has 0 N–H and O–H groups in total. The van der Waals surface area contributed by atoms with Crippen LogP contribution in [0.3, 0.4) is 0 Å². The number of hydrogen-bond acceptors (Lipinski definition) is 2. The Hall–Kier alpha value is -7.21. The number of allylic oxidation sites excluding steroid dienone is 5. The van der Waals surface area contributed by atoms with Crippen molar-refractivity contribution in [1.29, 1.82) is 0 Å². The highest BCUT2D eigenvalue weighted by Crippen LogP contribution is 2.45. The van der Waals surface area contributed by atoms with Gasteiger partial charge in [0.2, 0.25) is 0 Å². The van der Waals surface area contributed by atoms with Gasteiger partial charge < -0.3 is 4.57 Å². The molecule has 0 aliphatic rings. The van der Waals surface area contributed by atoms with E-state index in [1.54, 1.807) is 6.08 Å². The molecule has 0 amide bonds. The Morgan fingerprint density at radius 1 is 0.509 bits per heavy atom. The smallest absolute Gasteiger partial charge is 0.164 e. The Kier molecular flexibility index (Phi) is 7.86. The van der Waals surface area contributed by atoms with Crippen molar-refractivity contribution in [1.82, 2.24) is 18.7 Å². The molecule has 4 nitrogen and oxygen atoms in total. The monoisotopic (exact) mass is 748 g/mol. The van der Waals surface area contributed by atoms with Crippen molar-refractivity contribution in [3.63, 3.8) is 0 Å². The molecule has 0 saturated carbocycles. The molecule has 0 saturated heterocycles. The second-order valence-corrected chi connectivity index (χ2v) is 15.4. The number of aromatic nitrogens is 4. The van der Waals surface area contributed by atoms with E-state index in [0.717, 1.165) is 39.3 Å². The Balaban J connectivity index is 1.25. The zero-order valence-electron chi connectivity index (χ0n) is 31.1. The minimum atomic E-state index is 0.669. The van der Waals surface area contributed by atoms with Crippen molar-refractivity contribution >= 4 is 75.4 Å². The van der Waals surface area contributed by atoms with Crippen LogP contribution in [0.25, 0.3) is 92.2 Å². The largest absolute Gasteiger partial charge is 0.308 e. The van der Waals surface area contributed by atoms with Crippen molar-refractivity contribution in [2.45, 2.75) is 6.42 Å². The Morgan fingerprint density at radius 2 is 1.14 bits per heavy atom. The van der Waals surface area contributed by atoms with Gasteiger partial charge in [-0.1, -0.05) is 152 Å². The first-order valence-corrected chi connectivity index (χ1v) is 20.1. The molecule has 0 bridgehead atoms. The second kappa shape index (κ2) is 13.5. The van der Waals surface area contributed by atoms with Crippen molar-refractivity contribution < 1.29 is 0 Å². The molecule has 11 rings (SSSR count). The first kappa shape index (κ1) is 33.2. The second-order valence-electron chi connectivity index (χ2n) is 14.3. The molecule has 0 aliphatic heterocycles. The van der Waals surface area contributed by atoms with Gasteiger partial charge in [0.05, 0.1) is 26.9 Å². The molecule has 0 radical (unpaired) electrons. The summed E-state index contributed by atoms with van der Waals surface area (Å²) in [7, 11) is 0. The fraction of sp³-hybridized carbons (Fsp3) is 0.0192. The van der Waals surface area contributed by atoms with E-state index in [4.69, 9.17) is 4.98 Å². The predicted octanol–water partition coefficient (Wildman–Crippen LogP) is 13.9. The van der Waals surface area contributed by atoms with Gasteiger partial charge in [-0.15, -0.1) is 11.3 Å². The van der Waals surface area contributed by atoms with Crippen LogP contribution in [0.2, 0.25) is 0 Å². The van der Waals surface area contributed by atoms with E-state index in [-0.39, 0.29) is 0 Å². The van der Waals surface area contributed by atoms with Gasteiger partial charge in [-0.25, -0.2) is 4.98 Å². The Labute approximate surface area is 333 Å². The highest BCUT2D eigenvalue weighted by atomic mass is 32.1. The van der Waals surface area contributed by atoms with Gasteiger partial charge in [-0.05, 0) is 59.7 Å². The van der Waals surface area contributed by atoms with Crippen LogP contribution in [-0.4, -0.2) is 18.7 Å². The van der Waals surface area contributed by atoms with Gasteiger partial charge in [0.1, 0.15) is 11.3 Å². The maximum absolute atomic E-state index is 5.46. The Morgan fingerprint density at radius 3 is 1.91 bits per heavy atom. The predicted molar refractivity (Wildman–Crippen MR) is 243 cm³/mol. The van der Waals surface area contributed by atoms with Gasteiger partial charge >= 0.3 is 0 Å². The van der Waals surface area contributed by atoms with E-state index in [0.29, 0.717) is 6.42 Å². The molecule has 0 unspecified atom stereocenters. The van der Waals surface area contributed by atoms with E-state index >= 15 is 0 Å². The molecule has 11 aromatic rings. The average Bonchev–Trinajstić information content (AvgIpc) is 4.01. The molecule has 7 aromatic carbocycles. The summed E-state index contributed by atoms with van der Waals surface area (Å²) < 4.78 is 9.78. The highest BCUT2D eigenvalue weighted by Gasteiger charge is 2.25. The summed E-state index contributed by atoms with van der Waals surface area (Å²) in [5, 5.41) is 6.15. The summed E-state index contributed by atoms with van der Waals surface area (Å²) in [6.45, 7) is 3.82. The topological polar surface area (TPSA) is 27.7 Å². The van der Waals surface area contributed by atoms with Crippen LogP contribution < -0.4 is 0 Å². The fourth-order valence-electron chi connectivity index (χ4n) is 8.65. The number of thiophene rings is 1. The van der Waals surface area contributed by atoms with Gasteiger partial charge in [0, 0.05) is 49.4 Å². The zero-order valence-corrected chi connectivity index (χ0v) is 31.9. The van der Waals surface area contributed by atoms with Crippen LogP contribution in [0, 0.1) is 0 Å². The van der Waals surface area contributed by atoms with Crippen molar-refractivity contribution in [2.24, 2.45) is 0 Å². The normalized spacial score (nSPS) is 12.2. The van der Waals surface area contributed by atoms with Gasteiger partial charge in [0.25, 0.3) is 0 Å². The molecule has 4 heterocycles. The van der Waals surface area contributed by atoms with E-state index in [1.807, 2.05) is 23.5 Å². The van der Waals surface area contributed by atoms with Crippen molar-refractivity contribution in [3.05, 3.63) is 207 Å². The van der Waals surface area contributed by atoms with Gasteiger partial charge in [-0.3, -0.25) is 9.13 Å². The van der Waals surface area contributed by atoms with Crippen LogP contribution in [0.4, 0.5) is 0 Å². The standard InChI is InChI=1S/C52H36N4S/c1-2-3-4-5-15-32-48-53-52-49(55(48)37-24-13-8-14-25-37)43-34-46-42(33-47(43)54(52)36-22-11-7-12-23-36)39-26-16-17-30-44(39)56(46)45-31-19-29-41-40-28-18-27-38(50(40)57-51(41)45)35-20-9-6-10-21-35/h2-31,33-34H,1,32H2/b4-3-,15-5-. The lowest BCUT2D eigenvalue weighted by atomic mass is 10.0. The highest BCUT2D eigenvalue weighted by molar-refractivity contribution is 7.26. The molecule has 0 spiro atoms. The van der Waals surface area contributed by atoms with Crippen molar-refractivity contribution in [3.8, 4) is 28.2 Å². The maximum Gasteiger partial charge on any atom is 0.164 e. The van der Waals surface area contributed by atoms with E-state index < -0.39 is 0 Å². The third-order valence-electron chi connectivity index (χ3n) is 11.1. The summed E-state index contributed by atoms with van der Waals surface area (Å²) in [5.74, 6) is 0.978. The average molecular weight is 749 g/mol. The first-order valence-electron chi connectivity index (χ1n) is 19.3. The lowest BCUT2D eigenvalue weighted by Gasteiger charge is -2.11. The summed E-state index contributed by atoms with van der Waals surface area (Å²) >= 11 is 1.89. The number of hydrogen-bond donors (Lipinski definition) is 0. The van der Waals surface area contributed by atoms with Crippen LogP contribution in [0.5, 0.6) is 0 Å². The minimum Gasteiger partial charge on any atom is -0.308 e. The summed E-state index contributed by atoms with van der Waals surface area (Å²) in [6.07, 6.45) is 10.7. The first-order chi connectivity index (χ1) is 28.3. The molecule has 57 heavy (non-hydrogen) atoms. The number of fused-ring (bicyclic) bond motifs is 9. The molecule has 5 heteroatoms. The van der Waals surface area contributed by atoms with Crippen molar-refractivity contribution in [2.75, 3.05) is 0 Å². The minimum absolute atomic E-state index is 0.669. The third-order valence-corrected chi connectivity index (χ3v) is 12.4.